The number of anilines is 1. The molecule has 5 nitrogen and oxygen atoms in total. The quantitative estimate of drug-likeness (QED) is 0.867. The van der Waals surface area contributed by atoms with Crippen molar-refractivity contribution in [1.29, 1.82) is 0 Å². The summed E-state index contributed by atoms with van der Waals surface area (Å²) in [7, 11) is -2.06. The molecule has 21 heavy (non-hydrogen) atoms. The fraction of sp³-hybridized carbons (Fsp3) is 0.538. The predicted molar refractivity (Wildman–Crippen MR) is 82.2 cm³/mol. The van der Waals surface area contributed by atoms with Crippen molar-refractivity contribution in [3.05, 3.63) is 29.0 Å². The number of hydrogen-bond donors (Lipinski definition) is 2. The number of rotatable bonds is 5. The van der Waals surface area contributed by atoms with Gasteiger partial charge in [-0.15, -0.1) is 0 Å². The summed E-state index contributed by atoms with van der Waals surface area (Å²) in [6.45, 7) is 0.986. The Morgan fingerprint density at radius 2 is 2.19 bits per heavy atom. The van der Waals surface area contributed by atoms with Gasteiger partial charge in [-0.1, -0.05) is 24.1 Å². The van der Waals surface area contributed by atoms with Gasteiger partial charge in [0.2, 0.25) is 0 Å². The standard InChI is InChI=1S/C13H19ClFN3O2S/c1-16-9-10-5-2-3-8-18(10)21(19,20)17-13-11(14)6-4-7-12(13)15/h4,6-7,10,16-17H,2-3,5,8-9H2,1H3. The summed E-state index contributed by atoms with van der Waals surface area (Å²) in [5, 5.41) is 3.03. The van der Waals surface area contributed by atoms with Gasteiger partial charge in [-0.2, -0.15) is 12.7 Å². The minimum absolute atomic E-state index is 0.0424. The summed E-state index contributed by atoms with van der Waals surface area (Å²) in [5.74, 6) is -0.687. The van der Waals surface area contributed by atoms with E-state index in [1.54, 1.807) is 7.05 Å². The molecule has 8 heteroatoms. The van der Waals surface area contributed by atoms with Crippen LogP contribution in [0.2, 0.25) is 5.02 Å². The lowest BCUT2D eigenvalue weighted by Crippen LogP contribution is -2.50. The highest BCUT2D eigenvalue weighted by Gasteiger charge is 2.32. The number of nitrogens with one attached hydrogen (secondary N) is 2. The second-order valence-electron chi connectivity index (χ2n) is 5.02. The van der Waals surface area contributed by atoms with Crippen molar-refractivity contribution in [2.75, 3.05) is 24.9 Å². The summed E-state index contributed by atoms with van der Waals surface area (Å²) in [4.78, 5) is 0. The molecular formula is C13H19ClFN3O2S. The Bertz CT molecular complexity index is 575. The molecular weight excluding hydrogens is 317 g/mol. The average Bonchev–Trinajstić information content (AvgIpc) is 2.44. The third-order valence-electron chi connectivity index (χ3n) is 3.52. The number of halogens is 2. The van der Waals surface area contributed by atoms with Crippen molar-refractivity contribution in [3.8, 4) is 0 Å². The lowest BCUT2D eigenvalue weighted by molar-refractivity contribution is 0.250. The van der Waals surface area contributed by atoms with E-state index in [-0.39, 0.29) is 16.8 Å². The monoisotopic (exact) mass is 335 g/mol. The summed E-state index contributed by atoms with van der Waals surface area (Å²) in [6, 6.07) is 3.92. The van der Waals surface area contributed by atoms with Crippen molar-refractivity contribution in [2.45, 2.75) is 25.3 Å². The van der Waals surface area contributed by atoms with Crippen LogP contribution in [0, 0.1) is 5.82 Å². The Labute approximate surface area is 129 Å². The number of likely N-dealkylation sites (N-methyl/N-ethyl adjacent to an activating group) is 1. The van der Waals surface area contributed by atoms with E-state index in [1.165, 1.54) is 22.5 Å². The molecule has 0 aliphatic carbocycles. The third kappa shape index (κ3) is 3.85. The number of benzene rings is 1. The molecule has 1 unspecified atom stereocenters. The smallest absolute Gasteiger partial charge is 0.302 e. The van der Waals surface area contributed by atoms with Crippen LogP contribution in [-0.2, 0) is 10.2 Å². The molecule has 0 radical (unpaired) electrons. The first kappa shape index (κ1) is 16.5. The van der Waals surface area contributed by atoms with Crippen molar-refractivity contribution in [1.82, 2.24) is 9.62 Å². The van der Waals surface area contributed by atoms with Crippen LogP contribution in [-0.4, -0.2) is 38.9 Å². The zero-order valence-corrected chi connectivity index (χ0v) is 13.3. The largest absolute Gasteiger partial charge is 0.318 e. The lowest BCUT2D eigenvalue weighted by atomic mass is 10.1. The number of hydrogen-bond acceptors (Lipinski definition) is 3. The van der Waals surface area contributed by atoms with Crippen molar-refractivity contribution < 1.29 is 12.8 Å². The molecule has 2 rings (SSSR count). The summed E-state index contributed by atoms with van der Waals surface area (Å²) >= 11 is 5.87. The Morgan fingerprint density at radius 3 is 2.86 bits per heavy atom. The van der Waals surface area contributed by atoms with E-state index < -0.39 is 16.0 Å². The second-order valence-corrected chi connectivity index (χ2v) is 7.05. The van der Waals surface area contributed by atoms with Gasteiger partial charge < -0.3 is 5.32 Å². The van der Waals surface area contributed by atoms with Crippen LogP contribution in [0.25, 0.3) is 0 Å². The fourth-order valence-corrected chi connectivity index (χ4v) is 4.30. The van der Waals surface area contributed by atoms with Gasteiger partial charge in [0, 0.05) is 19.1 Å². The van der Waals surface area contributed by atoms with Gasteiger partial charge in [0.05, 0.1) is 5.02 Å². The maximum atomic E-state index is 13.8. The van der Waals surface area contributed by atoms with E-state index in [1.807, 2.05) is 0 Å². The first-order valence-electron chi connectivity index (χ1n) is 6.84. The van der Waals surface area contributed by atoms with Gasteiger partial charge >= 0.3 is 10.2 Å². The molecule has 0 bridgehead atoms. The molecule has 0 amide bonds. The van der Waals surface area contributed by atoms with E-state index in [0.29, 0.717) is 13.1 Å². The predicted octanol–water partition coefficient (Wildman–Crippen LogP) is 2.21. The van der Waals surface area contributed by atoms with Crippen LogP contribution in [0.15, 0.2) is 18.2 Å². The Kier molecular flexibility index (Phi) is 5.43. The highest BCUT2D eigenvalue weighted by Crippen LogP contribution is 2.28. The molecule has 1 aromatic rings. The third-order valence-corrected chi connectivity index (χ3v) is 5.39. The molecule has 1 aromatic carbocycles. The van der Waals surface area contributed by atoms with E-state index >= 15 is 0 Å². The normalized spacial score (nSPS) is 20.4. The topological polar surface area (TPSA) is 61.4 Å². The van der Waals surface area contributed by atoms with Crippen LogP contribution in [0.4, 0.5) is 10.1 Å². The SMILES string of the molecule is CNCC1CCCCN1S(=O)(=O)Nc1c(F)cccc1Cl. The highest BCUT2D eigenvalue weighted by atomic mass is 35.5. The van der Waals surface area contributed by atoms with Crippen molar-refractivity contribution in [2.24, 2.45) is 0 Å². The van der Waals surface area contributed by atoms with Gasteiger partial charge in [0.15, 0.2) is 0 Å². The van der Waals surface area contributed by atoms with Gasteiger partial charge in [0.1, 0.15) is 11.5 Å². The number of piperidine rings is 1. The molecule has 0 aromatic heterocycles. The van der Waals surface area contributed by atoms with E-state index in [4.69, 9.17) is 11.6 Å². The molecule has 1 fully saturated rings. The van der Waals surface area contributed by atoms with E-state index in [9.17, 15) is 12.8 Å². The first-order valence-corrected chi connectivity index (χ1v) is 8.65. The molecule has 118 valence electrons. The maximum Gasteiger partial charge on any atom is 0.302 e. The van der Waals surface area contributed by atoms with Crippen LogP contribution >= 0.6 is 11.6 Å². The maximum absolute atomic E-state index is 13.8. The summed E-state index contributed by atoms with van der Waals surface area (Å²) in [6.07, 6.45) is 2.57. The summed E-state index contributed by atoms with van der Waals surface area (Å²) in [5.41, 5.74) is -0.201. The molecule has 1 saturated heterocycles. The average molecular weight is 336 g/mol. The molecule has 1 aliphatic rings. The Balaban J connectivity index is 2.24. The molecule has 1 atom stereocenters. The van der Waals surface area contributed by atoms with Gasteiger partial charge in [-0.25, -0.2) is 4.39 Å². The van der Waals surface area contributed by atoms with Crippen LogP contribution in [0.5, 0.6) is 0 Å². The van der Waals surface area contributed by atoms with E-state index in [0.717, 1.165) is 19.3 Å². The lowest BCUT2D eigenvalue weighted by Gasteiger charge is -2.34. The Morgan fingerprint density at radius 1 is 1.43 bits per heavy atom. The molecule has 1 heterocycles. The minimum atomic E-state index is -3.83. The second kappa shape index (κ2) is 6.91. The number of para-hydroxylation sites is 1. The van der Waals surface area contributed by atoms with Gasteiger partial charge in [0.25, 0.3) is 0 Å². The minimum Gasteiger partial charge on any atom is -0.318 e. The van der Waals surface area contributed by atoms with Gasteiger partial charge in [-0.3, -0.25) is 4.72 Å². The van der Waals surface area contributed by atoms with Crippen LogP contribution in [0.3, 0.4) is 0 Å². The van der Waals surface area contributed by atoms with Crippen LogP contribution < -0.4 is 10.0 Å². The highest BCUT2D eigenvalue weighted by molar-refractivity contribution is 7.90. The summed E-state index contributed by atoms with van der Waals surface area (Å²) < 4.78 is 42.4. The molecule has 0 saturated carbocycles. The molecule has 2 N–H and O–H groups in total. The van der Waals surface area contributed by atoms with Gasteiger partial charge in [-0.05, 0) is 32.0 Å². The van der Waals surface area contributed by atoms with Crippen LogP contribution in [0.1, 0.15) is 19.3 Å². The Hall–Kier alpha value is -0.890. The molecule has 0 spiro atoms. The van der Waals surface area contributed by atoms with E-state index in [2.05, 4.69) is 10.0 Å². The number of nitrogens with zero attached hydrogens (tertiary/aromatic N) is 1. The first-order chi connectivity index (χ1) is 9.95. The van der Waals surface area contributed by atoms with Crippen molar-refractivity contribution >= 4 is 27.5 Å². The molecule has 1 aliphatic heterocycles. The zero-order chi connectivity index (χ0) is 15.5. The fourth-order valence-electron chi connectivity index (χ4n) is 2.51. The van der Waals surface area contributed by atoms with Crippen molar-refractivity contribution in [3.63, 3.8) is 0 Å². The zero-order valence-electron chi connectivity index (χ0n) is 11.8.